The summed E-state index contributed by atoms with van der Waals surface area (Å²) in [4.78, 5) is 16.3. The minimum atomic E-state index is -0.252. The molecule has 0 aliphatic heterocycles. The monoisotopic (exact) mass is 331 g/mol. The molecular weight excluding hydrogens is 309 g/mol. The number of aromatic nitrogens is 1. The number of benzene rings is 1. The molecule has 2 rings (SSSR count). The summed E-state index contributed by atoms with van der Waals surface area (Å²) in [5.41, 5.74) is 1.07. The van der Waals surface area contributed by atoms with E-state index in [0.29, 0.717) is 36.5 Å². The van der Waals surface area contributed by atoms with Gasteiger partial charge in [-0.1, -0.05) is 18.2 Å². The Hall–Kier alpha value is -2.47. The maximum atomic E-state index is 13.5. The van der Waals surface area contributed by atoms with Crippen LogP contribution in [0.25, 0.3) is 0 Å². The van der Waals surface area contributed by atoms with E-state index in [1.165, 1.54) is 12.3 Å². The van der Waals surface area contributed by atoms with Gasteiger partial charge in [-0.25, -0.2) is 9.37 Å². The molecule has 24 heavy (non-hydrogen) atoms. The van der Waals surface area contributed by atoms with E-state index in [-0.39, 0.29) is 11.7 Å². The summed E-state index contributed by atoms with van der Waals surface area (Å²) in [6.45, 7) is 1.82. The number of carbonyl (C=O) groups is 1. The SMILES string of the molecule is COCCCNc1ccc(C(=O)NCCc2ccccc2F)cn1. The van der Waals surface area contributed by atoms with Crippen molar-refractivity contribution < 1.29 is 13.9 Å². The van der Waals surface area contributed by atoms with E-state index in [9.17, 15) is 9.18 Å². The molecule has 6 heteroatoms. The van der Waals surface area contributed by atoms with Crippen molar-refractivity contribution in [2.75, 3.05) is 32.1 Å². The lowest BCUT2D eigenvalue weighted by atomic mass is 10.1. The first-order valence-electron chi connectivity index (χ1n) is 7.91. The summed E-state index contributed by atoms with van der Waals surface area (Å²) in [6.07, 6.45) is 2.86. The Balaban J connectivity index is 1.77. The van der Waals surface area contributed by atoms with Crippen molar-refractivity contribution in [3.8, 4) is 0 Å². The number of halogens is 1. The number of rotatable bonds is 9. The number of anilines is 1. The van der Waals surface area contributed by atoms with Crippen LogP contribution in [0.5, 0.6) is 0 Å². The summed E-state index contributed by atoms with van der Waals surface area (Å²) in [5.74, 6) is 0.246. The molecule has 1 amide bonds. The van der Waals surface area contributed by atoms with Crippen LogP contribution in [0.4, 0.5) is 10.2 Å². The zero-order valence-electron chi connectivity index (χ0n) is 13.7. The maximum Gasteiger partial charge on any atom is 0.252 e. The molecular formula is C18H22FN3O2. The first kappa shape index (κ1) is 17.9. The van der Waals surface area contributed by atoms with Crippen molar-refractivity contribution >= 4 is 11.7 Å². The number of nitrogens with zero attached hydrogens (tertiary/aromatic N) is 1. The highest BCUT2D eigenvalue weighted by atomic mass is 19.1. The lowest BCUT2D eigenvalue weighted by molar-refractivity contribution is 0.0953. The predicted octanol–water partition coefficient (Wildman–Crippen LogP) is 2.64. The lowest BCUT2D eigenvalue weighted by Crippen LogP contribution is -2.26. The summed E-state index contributed by atoms with van der Waals surface area (Å²) in [7, 11) is 1.66. The van der Waals surface area contributed by atoms with Crippen LogP contribution in [0, 0.1) is 5.82 Å². The van der Waals surface area contributed by atoms with E-state index in [0.717, 1.165) is 13.0 Å². The van der Waals surface area contributed by atoms with Crippen LogP contribution in [0.1, 0.15) is 22.3 Å². The number of nitrogens with one attached hydrogen (secondary N) is 2. The fourth-order valence-corrected chi connectivity index (χ4v) is 2.18. The lowest BCUT2D eigenvalue weighted by Gasteiger charge is -2.08. The number of hydrogen-bond acceptors (Lipinski definition) is 4. The summed E-state index contributed by atoms with van der Waals surface area (Å²) in [6, 6.07) is 10.0. The average Bonchev–Trinajstić information content (AvgIpc) is 2.61. The Kier molecular flexibility index (Phi) is 7.17. The van der Waals surface area contributed by atoms with Gasteiger partial charge in [-0.2, -0.15) is 0 Å². The van der Waals surface area contributed by atoms with Crippen LogP contribution in [0.15, 0.2) is 42.6 Å². The smallest absolute Gasteiger partial charge is 0.252 e. The summed E-state index contributed by atoms with van der Waals surface area (Å²) < 4.78 is 18.5. The van der Waals surface area contributed by atoms with Crippen molar-refractivity contribution in [3.63, 3.8) is 0 Å². The Morgan fingerprint density at radius 2 is 2.04 bits per heavy atom. The Labute approximate surface area is 141 Å². The van der Waals surface area contributed by atoms with Gasteiger partial charge in [0.1, 0.15) is 11.6 Å². The van der Waals surface area contributed by atoms with Crippen molar-refractivity contribution in [3.05, 3.63) is 59.5 Å². The first-order chi connectivity index (χ1) is 11.7. The van der Waals surface area contributed by atoms with E-state index < -0.39 is 0 Å². The molecule has 0 bridgehead atoms. The second-order valence-electron chi connectivity index (χ2n) is 5.30. The van der Waals surface area contributed by atoms with Gasteiger partial charge in [0.05, 0.1) is 5.56 Å². The van der Waals surface area contributed by atoms with Crippen LogP contribution in [-0.4, -0.2) is 37.7 Å². The molecule has 0 aliphatic carbocycles. The van der Waals surface area contributed by atoms with Gasteiger partial charge in [-0.05, 0) is 36.6 Å². The van der Waals surface area contributed by atoms with E-state index in [1.54, 1.807) is 37.4 Å². The van der Waals surface area contributed by atoms with E-state index in [4.69, 9.17) is 4.74 Å². The molecule has 0 aliphatic rings. The average molecular weight is 331 g/mol. The molecule has 0 spiro atoms. The predicted molar refractivity (Wildman–Crippen MR) is 91.7 cm³/mol. The number of pyridine rings is 1. The van der Waals surface area contributed by atoms with E-state index >= 15 is 0 Å². The molecule has 0 saturated carbocycles. The van der Waals surface area contributed by atoms with Gasteiger partial charge >= 0.3 is 0 Å². The van der Waals surface area contributed by atoms with E-state index in [1.807, 2.05) is 0 Å². The number of methoxy groups -OCH3 is 1. The van der Waals surface area contributed by atoms with Crippen molar-refractivity contribution in [2.24, 2.45) is 0 Å². The minimum absolute atomic E-state index is 0.218. The Morgan fingerprint density at radius 1 is 1.21 bits per heavy atom. The van der Waals surface area contributed by atoms with Gasteiger partial charge in [-0.15, -0.1) is 0 Å². The molecule has 1 aromatic carbocycles. The molecule has 128 valence electrons. The largest absolute Gasteiger partial charge is 0.385 e. The molecule has 0 fully saturated rings. The zero-order chi connectivity index (χ0) is 17.2. The number of hydrogen-bond donors (Lipinski definition) is 2. The quantitative estimate of drug-likeness (QED) is 0.694. The third-order valence-electron chi connectivity index (χ3n) is 3.49. The fraction of sp³-hybridized carbons (Fsp3) is 0.333. The van der Waals surface area contributed by atoms with Crippen LogP contribution in [-0.2, 0) is 11.2 Å². The molecule has 1 heterocycles. The van der Waals surface area contributed by atoms with Crippen LogP contribution >= 0.6 is 0 Å². The molecule has 0 unspecified atom stereocenters. The molecule has 2 N–H and O–H groups in total. The molecule has 2 aromatic rings. The number of ether oxygens (including phenoxy) is 1. The van der Waals surface area contributed by atoms with Crippen LogP contribution in [0.2, 0.25) is 0 Å². The topological polar surface area (TPSA) is 63.2 Å². The highest BCUT2D eigenvalue weighted by Crippen LogP contribution is 2.07. The fourth-order valence-electron chi connectivity index (χ4n) is 2.18. The van der Waals surface area contributed by atoms with Crippen LogP contribution < -0.4 is 10.6 Å². The standard InChI is InChI=1S/C18H22FN3O2/c1-24-12-4-10-20-17-8-7-15(13-22-17)18(23)21-11-9-14-5-2-3-6-16(14)19/h2-3,5-8,13H,4,9-12H2,1H3,(H,20,22)(H,21,23). The van der Waals surface area contributed by atoms with Gasteiger partial charge in [-0.3, -0.25) is 4.79 Å². The van der Waals surface area contributed by atoms with Crippen LogP contribution in [0.3, 0.4) is 0 Å². The highest BCUT2D eigenvalue weighted by Gasteiger charge is 2.07. The highest BCUT2D eigenvalue weighted by molar-refractivity contribution is 5.94. The molecule has 0 radical (unpaired) electrons. The van der Waals surface area contributed by atoms with Crippen molar-refractivity contribution in [1.29, 1.82) is 0 Å². The van der Waals surface area contributed by atoms with Gasteiger partial charge in [0.15, 0.2) is 0 Å². The summed E-state index contributed by atoms with van der Waals surface area (Å²) >= 11 is 0. The second-order valence-corrected chi connectivity index (χ2v) is 5.30. The molecule has 5 nitrogen and oxygen atoms in total. The first-order valence-corrected chi connectivity index (χ1v) is 7.91. The second kappa shape index (κ2) is 9.62. The normalized spacial score (nSPS) is 10.4. The Morgan fingerprint density at radius 3 is 2.75 bits per heavy atom. The van der Waals surface area contributed by atoms with Crippen molar-refractivity contribution in [1.82, 2.24) is 10.3 Å². The van der Waals surface area contributed by atoms with Gasteiger partial charge < -0.3 is 15.4 Å². The molecule has 1 aromatic heterocycles. The van der Waals surface area contributed by atoms with Gasteiger partial charge in [0.25, 0.3) is 5.91 Å². The minimum Gasteiger partial charge on any atom is -0.385 e. The maximum absolute atomic E-state index is 13.5. The van der Waals surface area contributed by atoms with Crippen molar-refractivity contribution in [2.45, 2.75) is 12.8 Å². The zero-order valence-corrected chi connectivity index (χ0v) is 13.7. The Bertz CT molecular complexity index is 647. The molecule has 0 atom stereocenters. The number of carbonyl (C=O) groups excluding carboxylic acids is 1. The number of amides is 1. The van der Waals surface area contributed by atoms with E-state index in [2.05, 4.69) is 15.6 Å². The third kappa shape index (κ3) is 5.62. The van der Waals surface area contributed by atoms with Gasteiger partial charge in [0.2, 0.25) is 0 Å². The summed E-state index contributed by atoms with van der Waals surface area (Å²) in [5, 5.41) is 5.92. The molecule has 0 saturated heterocycles. The van der Waals surface area contributed by atoms with Gasteiger partial charge in [0, 0.05) is 33.0 Å². The third-order valence-corrected chi connectivity index (χ3v) is 3.49.